The number of nitrogens with one attached hydrogen (secondary N) is 2. The van der Waals surface area contributed by atoms with Gasteiger partial charge in [0.25, 0.3) is 0 Å². The summed E-state index contributed by atoms with van der Waals surface area (Å²) in [6.45, 7) is 9.12. The van der Waals surface area contributed by atoms with Crippen molar-refractivity contribution in [2.45, 2.75) is 58.0 Å². The Labute approximate surface area is 161 Å². The molecule has 1 amide bonds. The van der Waals surface area contributed by atoms with E-state index in [1.807, 2.05) is 30.3 Å². The lowest BCUT2D eigenvalue weighted by molar-refractivity contribution is -0.121. The fourth-order valence-electron chi connectivity index (χ4n) is 2.86. The third-order valence-corrected chi connectivity index (χ3v) is 5.91. The summed E-state index contributed by atoms with van der Waals surface area (Å²) >= 11 is 0. The van der Waals surface area contributed by atoms with Crippen LogP contribution in [0.5, 0.6) is 0 Å². The number of benzene rings is 1. The molecule has 0 aliphatic carbocycles. The number of carbonyl (C=O) groups is 1. The molecule has 0 bridgehead atoms. The van der Waals surface area contributed by atoms with Crippen LogP contribution in [0.25, 0.3) is 0 Å². The zero-order valence-corrected chi connectivity index (χ0v) is 17.4. The lowest BCUT2D eigenvalue weighted by atomic mass is 10.1. The van der Waals surface area contributed by atoms with Gasteiger partial charge in [0.05, 0.1) is 11.4 Å². The molecule has 7 nitrogen and oxygen atoms in total. The highest BCUT2D eigenvalue weighted by molar-refractivity contribution is 7.89. The molecule has 0 radical (unpaired) electrons. The van der Waals surface area contributed by atoms with Gasteiger partial charge < -0.3 is 5.32 Å². The van der Waals surface area contributed by atoms with E-state index in [0.29, 0.717) is 17.9 Å². The maximum Gasteiger partial charge on any atom is 0.244 e. The topological polar surface area (TPSA) is 93.1 Å². The van der Waals surface area contributed by atoms with Crippen molar-refractivity contribution in [1.29, 1.82) is 0 Å². The van der Waals surface area contributed by atoms with Gasteiger partial charge in [0.1, 0.15) is 11.4 Å². The number of hydrogen-bond acceptors (Lipinski definition) is 4. The number of carbonyl (C=O) groups excluding carboxylic acids is 1. The van der Waals surface area contributed by atoms with Crippen LogP contribution in [0, 0.1) is 13.8 Å². The second kappa shape index (κ2) is 8.22. The molecule has 27 heavy (non-hydrogen) atoms. The highest BCUT2D eigenvalue weighted by Crippen LogP contribution is 2.21. The fourth-order valence-corrected chi connectivity index (χ4v) is 4.69. The Morgan fingerprint density at radius 1 is 1.15 bits per heavy atom. The zero-order valence-electron chi connectivity index (χ0n) is 16.5. The monoisotopic (exact) mass is 392 g/mol. The second-order valence-electron chi connectivity index (χ2n) is 7.60. The van der Waals surface area contributed by atoms with E-state index in [1.54, 1.807) is 34.6 Å². The number of amides is 1. The second-order valence-corrected chi connectivity index (χ2v) is 9.22. The van der Waals surface area contributed by atoms with Crippen LogP contribution in [0.15, 0.2) is 35.2 Å². The van der Waals surface area contributed by atoms with E-state index >= 15 is 0 Å². The highest BCUT2D eigenvalue weighted by atomic mass is 32.2. The van der Waals surface area contributed by atoms with Crippen molar-refractivity contribution in [2.24, 2.45) is 0 Å². The van der Waals surface area contributed by atoms with Crippen LogP contribution in [-0.4, -0.2) is 36.2 Å². The molecular formula is C19H28N4O3S. The van der Waals surface area contributed by atoms with E-state index in [-0.39, 0.29) is 17.3 Å². The minimum atomic E-state index is -3.71. The number of hydrogen-bond donors (Lipinski definition) is 2. The summed E-state index contributed by atoms with van der Waals surface area (Å²) in [5.41, 5.74) is 1.36. The molecule has 0 saturated heterocycles. The third-order valence-electron chi connectivity index (χ3n) is 3.90. The number of rotatable bonds is 7. The van der Waals surface area contributed by atoms with Crippen molar-refractivity contribution in [3.63, 3.8) is 0 Å². The van der Waals surface area contributed by atoms with Crippen LogP contribution in [0.1, 0.15) is 37.7 Å². The van der Waals surface area contributed by atoms with E-state index in [2.05, 4.69) is 15.1 Å². The van der Waals surface area contributed by atoms with E-state index < -0.39 is 15.6 Å². The summed E-state index contributed by atoms with van der Waals surface area (Å²) in [7, 11) is -3.71. The SMILES string of the molecule is Cc1nn(CC(=O)NCCc2ccccc2)c(C)c1S(=O)(=O)NC(C)(C)C. The van der Waals surface area contributed by atoms with Gasteiger partial charge in [-0.25, -0.2) is 13.1 Å². The van der Waals surface area contributed by atoms with Crippen molar-refractivity contribution in [3.05, 3.63) is 47.3 Å². The lowest BCUT2D eigenvalue weighted by Gasteiger charge is -2.20. The molecule has 2 N–H and O–H groups in total. The quantitative estimate of drug-likeness (QED) is 0.753. The van der Waals surface area contributed by atoms with E-state index in [9.17, 15) is 13.2 Å². The van der Waals surface area contributed by atoms with Gasteiger partial charge in [-0.2, -0.15) is 5.10 Å². The first-order chi connectivity index (χ1) is 12.5. The third kappa shape index (κ3) is 5.90. The molecule has 0 fully saturated rings. The van der Waals surface area contributed by atoms with Crippen LogP contribution in [-0.2, 0) is 27.8 Å². The number of sulfonamides is 1. The van der Waals surface area contributed by atoms with Crippen LogP contribution < -0.4 is 10.0 Å². The molecule has 2 rings (SSSR count). The predicted octanol–water partition coefficient (Wildman–Crippen LogP) is 1.94. The highest BCUT2D eigenvalue weighted by Gasteiger charge is 2.28. The molecule has 1 heterocycles. The molecule has 1 aromatic heterocycles. The van der Waals surface area contributed by atoms with Crippen molar-refractivity contribution < 1.29 is 13.2 Å². The van der Waals surface area contributed by atoms with Gasteiger partial charge in [-0.15, -0.1) is 0 Å². The van der Waals surface area contributed by atoms with Gasteiger partial charge in [-0.3, -0.25) is 9.48 Å². The molecule has 2 aromatic rings. The average molecular weight is 393 g/mol. The van der Waals surface area contributed by atoms with E-state index in [1.165, 1.54) is 4.68 Å². The fraction of sp³-hybridized carbons (Fsp3) is 0.474. The van der Waals surface area contributed by atoms with Gasteiger partial charge in [0.2, 0.25) is 15.9 Å². The Morgan fingerprint density at radius 2 is 1.78 bits per heavy atom. The number of aromatic nitrogens is 2. The molecule has 0 unspecified atom stereocenters. The summed E-state index contributed by atoms with van der Waals surface area (Å²) in [5.74, 6) is -0.204. The minimum absolute atomic E-state index is 0.0213. The lowest BCUT2D eigenvalue weighted by Crippen LogP contribution is -2.40. The summed E-state index contributed by atoms with van der Waals surface area (Å²) < 4.78 is 29.4. The van der Waals surface area contributed by atoms with Gasteiger partial charge in [0.15, 0.2) is 0 Å². The first kappa shape index (κ1) is 21.1. The predicted molar refractivity (Wildman–Crippen MR) is 105 cm³/mol. The maximum absolute atomic E-state index is 12.7. The zero-order chi connectivity index (χ0) is 20.2. The van der Waals surface area contributed by atoms with Crippen molar-refractivity contribution in [2.75, 3.05) is 6.54 Å². The Bertz CT molecular complexity index is 897. The first-order valence-electron chi connectivity index (χ1n) is 8.88. The van der Waals surface area contributed by atoms with Crippen molar-refractivity contribution in [3.8, 4) is 0 Å². The molecule has 0 spiro atoms. The number of nitrogens with zero attached hydrogens (tertiary/aromatic N) is 2. The summed E-state index contributed by atoms with van der Waals surface area (Å²) in [6, 6.07) is 9.88. The molecule has 148 valence electrons. The first-order valence-corrected chi connectivity index (χ1v) is 10.4. The Kier molecular flexibility index (Phi) is 6.43. The molecular weight excluding hydrogens is 364 g/mol. The summed E-state index contributed by atoms with van der Waals surface area (Å²) in [4.78, 5) is 12.4. The number of aryl methyl sites for hydroxylation is 1. The summed E-state index contributed by atoms with van der Waals surface area (Å²) in [5, 5.41) is 7.10. The van der Waals surface area contributed by atoms with Crippen LogP contribution in [0.2, 0.25) is 0 Å². The van der Waals surface area contributed by atoms with Gasteiger partial charge in [0, 0.05) is 12.1 Å². The smallest absolute Gasteiger partial charge is 0.244 e. The van der Waals surface area contributed by atoms with Gasteiger partial charge >= 0.3 is 0 Å². The van der Waals surface area contributed by atoms with Gasteiger partial charge in [-0.05, 0) is 46.6 Å². The van der Waals surface area contributed by atoms with Crippen LogP contribution in [0.3, 0.4) is 0 Å². The van der Waals surface area contributed by atoms with E-state index in [0.717, 1.165) is 12.0 Å². The molecule has 8 heteroatoms. The molecule has 0 aliphatic heterocycles. The average Bonchev–Trinajstić information content (AvgIpc) is 2.80. The largest absolute Gasteiger partial charge is 0.354 e. The maximum atomic E-state index is 12.7. The molecule has 0 aliphatic rings. The van der Waals surface area contributed by atoms with Crippen LogP contribution in [0.4, 0.5) is 0 Å². The standard InChI is InChI=1S/C19H28N4O3S/c1-14-18(27(25,26)22-19(3,4)5)15(2)23(21-14)13-17(24)20-12-11-16-9-7-6-8-10-16/h6-10,22H,11-13H2,1-5H3,(H,20,24). The van der Waals surface area contributed by atoms with Crippen molar-refractivity contribution in [1.82, 2.24) is 19.8 Å². The van der Waals surface area contributed by atoms with Crippen molar-refractivity contribution >= 4 is 15.9 Å². The summed E-state index contributed by atoms with van der Waals surface area (Å²) in [6.07, 6.45) is 0.735. The Morgan fingerprint density at radius 3 is 2.37 bits per heavy atom. The molecule has 0 atom stereocenters. The molecule has 1 aromatic carbocycles. The minimum Gasteiger partial charge on any atom is -0.354 e. The molecule has 0 saturated carbocycles. The van der Waals surface area contributed by atoms with E-state index in [4.69, 9.17) is 0 Å². The van der Waals surface area contributed by atoms with Gasteiger partial charge in [-0.1, -0.05) is 30.3 Å². The Balaban J connectivity index is 2.04. The Hall–Kier alpha value is -2.19. The van der Waals surface area contributed by atoms with Crippen LogP contribution >= 0.6 is 0 Å². The normalized spacial score (nSPS) is 12.2.